The van der Waals surface area contributed by atoms with Crippen LogP contribution in [-0.4, -0.2) is 37.0 Å². The topological polar surface area (TPSA) is 32.3 Å². The molecule has 1 aromatic carbocycles. The summed E-state index contributed by atoms with van der Waals surface area (Å²) in [6, 6.07) is 10.8. The molecule has 3 nitrogen and oxygen atoms in total. The van der Waals surface area contributed by atoms with Crippen molar-refractivity contribution in [3.8, 4) is 0 Å². The third kappa shape index (κ3) is 3.29. The molecule has 114 valence electrons. The standard InChI is InChI=1S/C18H26N2O/c1-14(17-12-19-13-17)18(21)20-10-5-8-16(9-11-20)15-6-3-2-4-7-15/h2-4,6-7,14,16-17,19H,5,8-13H2,1H3. The molecular formula is C18H26N2O. The predicted molar refractivity (Wildman–Crippen MR) is 85.1 cm³/mol. The van der Waals surface area contributed by atoms with Gasteiger partial charge in [-0.15, -0.1) is 0 Å². The summed E-state index contributed by atoms with van der Waals surface area (Å²) in [5.74, 6) is 1.71. The number of hydrogen-bond acceptors (Lipinski definition) is 2. The summed E-state index contributed by atoms with van der Waals surface area (Å²) >= 11 is 0. The van der Waals surface area contributed by atoms with Gasteiger partial charge in [0.1, 0.15) is 0 Å². The molecule has 1 N–H and O–H groups in total. The average Bonchev–Trinajstić information content (AvgIpc) is 2.71. The zero-order valence-electron chi connectivity index (χ0n) is 12.9. The normalized spacial score (nSPS) is 25.0. The minimum Gasteiger partial charge on any atom is -0.342 e. The van der Waals surface area contributed by atoms with Gasteiger partial charge in [0.25, 0.3) is 0 Å². The van der Waals surface area contributed by atoms with E-state index in [9.17, 15) is 4.79 Å². The van der Waals surface area contributed by atoms with Crippen LogP contribution >= 0.6 is 0 Å². The Morgan fingerprint density at radius 1 is 1.19 bits per heavy atom. The van der Waals surface area contributed by atoms with Crippen LogP contribution in [0.3, 0.4) is 0 Å². The molecule has 0 aliphatic carbocycles. The average molecular weight is 286 g/mol. The lowest BCUT2D eigenvalue weighted by Gasteiger charge is -2.34. The first-order valence-electron chi connectivity index (χ1n) is 8.30. The maximum absolute atomic E-state index is 12.6. The molecule has 2 heterocycles. The molecule has 0 saturated carbocycles. The summed E-state index contributed by atoms with van der Waals surface area (Å²) in [5, 5.41) is 3.27. The molecule has 2 unspecified atom stereocenters. The lowest BCUT2D eigenvalue weighted by molar-refractivity contribution is -0.137. The quantitative estimate of drug-likeness (QED) is 0.926. The molecule has 2 fully saturated rings. The van der Waals surface area contributed by atoms with E-state index in [1.165, 1.54) is 12.0 Å². The smallest absolute Gasteiger partial charge is 0.225 e. The van der Waals surface area contributed by atoms with Crippen molar-refractivity contribution in [3.63, 3.8) is 0 Å². The van der Waals surface area contributed by atoms with E-state index in [-0.39, 0.29) is 5.92 Å². The SMILES string of the molecule is CC(C(=O)N1CCCC(c2ccccc2)CC1)C1CNC1. The number of likely N-dealkylation sites (tertiary alicyclic amines) is 1. The Hall–Kier alpha value is -1.35. The predicted octanol–water partition coefficient (Wildman–Crippen LogP) is 2.64. The number of hydrogen-bond donors (Lipinski definition) is 1. The Bertz CT molecular complexity index is 469. The molecule has 1 aromatic rings. The Balaban J connectivity index is 1.59. The van der Waals surface area contributed by atoms with E-state index in [0.717, 1.165) is 39.0 Å². The summed E-state index contributed by atoms with van der Waals surface area (Å²) in [6.45, 7) is 5.98. The van der Waals surface area contributed by atoms with Crippen LogP contribution in [0.25, 0.3) is 0 Å². The highest BCUT2D eigenvalue weighted by atomic mass is 16.2. The summed E-state index contributed by atoms with van der Waals surface area (Å²) in [5.41, 5.74) is 1.43. The molecule has 2 atom stereocenters. The minimum absolute atomic E-state index is 0.180. The first kappa shape index (κ1) is 14.6. The van der Waals surface area contributed by atoms with Crippen LogP contribution < -0.4 is 5.32 Å². The fourth-order valence-corrected chi connectivity index (χ4v) is 3.53. The zero-order chi connectivity index (χ0) is 14.7. The summed E-state index contributed by atoms with van der Waals surface area (Å²) in [6.07, 6.45) is 3.43. The number of rotatable bonds is 3. The van der Waals surface area contributed by atoms with E-state index in [1.807, 2.05) is 0 Å². The van der Waals surface area contributed by atoms with E-state index in [1.54, 1.807) is 0 Å². The molecule has 1 amide bonds. The molecule has 0 bridgehead atoms. The van der Waals surface area contributed by atoms with Gasteiger partial charge in [-0.05, 0) is 49.8 Å². The Kier molecular flexibility index (Phi) is 4.59. The monoisotopic (exact) mass is 286 g/mol. The molecule has 0 radical (unpaired) electrons. The molecular weight excluding hydrogens is 260 g/mol. The molecule has 21 heavy (non-hydrogen) atoms. The molecule has 3 heteroatoms. The number of amides is 1. The molecule has 3 rings (SSSR count). The summed E-state index contributed by atoms with van der Waals surface area (Å²) < 4.78 is 0. The van der Waals surface area contributed by atoms with E-state index < -0.39 is 0 Å². The number of benzene rings is 1. The second-order valence-electron chi connectivity index (χ2n) is 6.57. The third-order valence-electron chi connectivity index (χ3n) is 5.22. The van der Waals surface area contributed by atoms with Crippen LogP contribution in [0.5, 0.6) is 0 Å². The minimum atomic E-state index is 0.180. The van der Waals surface area contributed by atoms with Crippen molar-refractivity contribution in [1.82, 2.24) is 10.2 Å². The summed E-state index contributed by atoms with van der Waals surface area (Å²) in [4.78, 5) is 14.7. The van der Waals surface area contributed by atoms with Crippen molar-refractivity contribution in [2.75, 3.05) is 26.2 Å². The van der Waals surface area contributed by atoms with Gasteiger partial charge < -0.3 is 10.2 Å². The van der Waals surface area contributed by atoms with Gasteiger partial charge in [-0.2, -0.15) is 0 Å². The number of nitrogens with one attached hydrogen (secondary N) is 1. The molecule has 2 saturated heterocycles. The Morgan fingerprint density at radius 3 is 2.62 bits per heavy atom. The number of carbonyl (C=O) groups is 1. The Labute approximate surface area is 127 Å². The van der Waals surface area contributed by atoms with E-state index in [2.05, 4.69) is 47.5 Å². The van der Waals surface area contributed by atoms with Crippen LogP contribution in [0.4, 0.5) is 0 Å². The van der Waals surface area contributed by atoms with Crippen molar-refractivity contribution < 1.29 is 4.79 Å². The Morgan fingerprint density at radius 2 is 1.95 bits per heavy atom. The maximum Gasteiger partial charge on any atom is 0.225 e. The van der Waals surface area contributed by atoms with Gasteiger partial charge in [0, 0.05) is 19.0 Å². The second-order valence-corrected chi connectivity index (χ2v) is 6.57. The molecule has 0 spiro atoms. The van der Waals surface area contributed by atoms with Crippen LogP contribution in [0.2, 0.25) is 0 Å². The first-order chi connectivity index (χ1) is 10.3. The first-order valence-corrected chi connectivity index (χ1v) is 8.30. The van der Waals surface area contributed by atoms with Gasteiger partial charge in [-0.3, -0.25) is 4.79 Å². The van der Waals surface area contributed by atoms with Crippen molar-refractivity contribution in [3.05, 3.63) is 35.9 Å². The van der Waals surface area contributed by atoms with Crippen LogP contribution in [0, 0.1) is 11.8 Å². The zero-order valence-corrected chi connectivity index (χ0v) is 12.9. The highest BCUT2D eigenvalue weighted by Crippen LogP contribution is 2.29. The van der Waals surface area contributed by atoms with Gasteiger partial charge in [0.2, 0.25) is 5.91 Å². The van der Waals surface area contributed by atoms with Gasteiger partial charge in [-0.25, -0.2) is 0 Å². The van der Waals surface area contributed by atoms with Gasteiger partial charge >= 0.3 is 0 Å². The van der Waals surface area contributed by atoms with Crippen LogP contribution in [-0.2, 0) is 4.79 Å². The van der Waals surface area contributed by atoms with E-state index in [0.29, 0.717) is 17.7 Å². The second kappa shape index (κ2) is 6.61. The van der Waals surface area contributed by atoms with Crippen molar-refractivity contribution >= 4 is 5.91 Å². The van der Waals surface area contributed by atoms with Gasteiger partial charge in [0.05, 0.1) is 0 Å². The fraction of sp³-hybridized carbons (Fsp3) is 0.611. The van der Waals surface area contributed by atoms with E-state index >= 15 is 0 Å². The van der Waals surface area contributed by atoms with Crippen molar-refractivity contribution in [1.29, 1.82) is 0 Å². The third-order valence-corrected chi connectivity index (χ3v) is 5.22. The number of nitrogens with zero attached hydrogens (tertiary/aromatic N) is 1. The van der Waals surface area contributed by atoms with Crippen LogP contribution in [0.1, 0.15) is 37.7 Å². The summed E-state index contributed by atoms with van der Waals surface area (Å²) in [7, 11) is 0. The highest BCUT2D eigenvalue weighted by Gasteiger charge is 2.32. The van der Waals surface area contributed by atoms with Gasteiger partial charge in [0.15, 0.2) is 0 Å². The van der Waals surface area contributed by atoms with E-state index in [4.69, 9.17) is 0 Å². The van der Waals surface area contributed by atoms with Crippen molar-refractivity contribution in [2.45, 2.75) is 32.1 Å². The fourth-order valence-electron chi connectivity index (χ4n) is 3.53. The van der Waals surface area contributed by atoms with Crippen molar-refractivity contribution in [2.24, 2.45) is 11.8 Å². The molecule has 0 aromatic heterocycles. The molecule has 2 aliphatic rings. The molecule has 2 aliphatic heterocycles. The van der Waals surface area contributed by atoms with Gasteiger partial charge in [-0.1, -0.05) is 37.3 Å². The lowest BCUT2D eigenvalue weighted by Crippen LogP contribution is -2.50. The number of carbonyl (C=O) groups excluding carboxylic acids is 1. The maximum atomic E-state index is 12.6. The highest BCUT2D eigenvalue weighted by molar-refractivity contribution is 5.79. The van der Waals surface area contributed by atoms with Crippen LogP contribution in [0.15, 0.2) is 30.3 Å². The largest absolute Gasteiger partial charge is 0.342 e. The lowest BCUT2D eigenvalue weighted by atomic mass is 9.88.